The molecule has 84 valence electrons. The van der Waals surface area contributed by atoms with E-state index in [0.29, 0.717) is 5.88 Å². The van der Waals surface area contributed by atoms with Crippen molar-refractivity contribution in [3.05, 3.63) is 23.9 Å². The predicted molar refractivity (Wildman–Crippen MR) is 60.0 cm³/mol. The maximum Gasteiger partial charge on any atom is 0.213 e. The van der Waals surface area contributed by atoms with Gasteiger partial charge in [-0.1, -0.05) is 6.07 Å². The fraction of sp³-hybridized carbons (Fsp3) is 0.583. The lowest BCUT2D eigenvalue weighted by Crippen LogP contribution is -2.23. The zero-order chi connectivity index (χ0) is 11.3. The summed E-state index contributed by atoms with van der Waals surface area (Å²) in [5.74, 6) is 0.651. The molecular weight excluding hydrogens is 190 g/mol. The molecule has 1 aromatic rings. The Morgan fingerprint density at radius 2 is 2.07 bits per heavy atom. The third-order valence-corrected chi connectivity index (χ3v) is 1.78. The first-order chi connectivity index (χ1) is 7.01. The summed E-state index contributed by atoms with van der Waals surface area (Å²) in [6, 6.07) is 5.74. The molecule has 1 heterocycles. The average molecular weight is 209 g/mol. The first-order valence-electron chi connectivity index (χ1n) is 5.27. The first kappa shape index (κ1) is 12.0. The molecule has 0 saturated heterocycles. The molecule has 0 spiro atoms. The third kappa shape index (κ3) is 4.79. The summed E-state index contributed by atoms with van der Waals surface area (Å²) in [4.78, 5) is 4.36. The molecule has 15 heavy (non-hydrogen) atoms. The molecule has 0 radical (unpaired) electrons. The summed E-state index contributed by atoms with van der Waals surface area (Å²) in [5, 5.41) is 8.72. The van der Waals surface area contributed by atoms with Crippen LogP contribution in [0, 0.1) is 0 Å². The molecule has 0 atom stereocenters. The maximum atomic E-state index is 8.72. The summed E-state index contributed by atoms with van der Waals surface area (Å²) < 4.78 is 5.65. The molecule has 0 amide bonds. The Morgan fingerprint density at radius 3 is 2.67 bits per heavy atom. The molecule has 1 rings (SSSR count). The highest BCUT2D eigenvalue weighted by molar-refractivity contribution is 5.16. The lowest BCUT2D eigenvalue weighted by Gasteiger charge is -2.20. The monoisotopic (exact) mass is 209 g/mol. The Bertz CT molecular complexity index is 305. The largest absolute Gasteiger partial charge is 0.472 e. The molecule has 0 aliphatic rings. The number of aryl methyl sites for hydroxylation is 1. The highest BCUT2D eigenvalue weighted by Gasteiger charge is 2.12. The molecule has 3 nitrogen and oxygen atoms in total. The molecule has 1 N–H and O–H groups in total. The van der Waals surface area contributed by atoms with E-state index in [0.717, 1.165) is 18.5 Å². The van der Waals surface area contributed by atoms with Crippen LogP contribution in [0.25, 0.3) is 0 Å². The fourth-order valence-corrected chi connectivity index (χ4v) is 1.23. The van der Waals surface area contributed by atoms with Gasteiger partial charge in [-0.15, -0.1) is 0 Å². The quantitative estimate of drug-likeness (QED) is 0.826. The molecule has 0 fully saturated rings. The highest BCUT2D eigenvalue weighted by atomic mass is 16.5. The van der Waals surface area contributed by atoms with Crippen LogP contribution in [0.1, 0.15) is 32.9 Å². The third-order valence-electron chi connectivity index (χ3n) is 1.78. The van der Waals surface area contributed by atoms with Crippen LogP contribution in [0.3, 0.4) is 0 Å². The summed E-state index contributed by atoms with van der Waals surface area (Å²) in [6.45, 7) is 6.19. The number of nitrogens with zero attached hydrogens (tertiary/aromatic N) is 1. The molecule has 1 aromatic heterocycles. The van der Waals surface area contributed by atoms with Gasteiger partial charge < -0.3 is 9.84 Å². The summed E-state index contributed by atoms with van der Waals surface area (Å²) in [5.41, 5.74) is 0.744. The van der Waals surface area contributed by atoms with Gasteiger partial charge in [-0.25, -0.2) is 4.98 Å². The van der Waals surface area contributed by atoms with Gasteiger partial charge in [0.25, 0.3) is 0 Å². The SMILES string of the molecule is CC(C)(C)Oc1cccc(CCCO)n1. The van der Waals surface area contributed by atoms with E-state index in [4.69, 9.17) is 9.84 Å². The number of hydrogen-bond donors (Lipinski definition) is 1. The first-order valence-corrected chi connectivity index (χ1v) is 5.27. The van der Waals surface area contributed by atoms with Gasteiger partial charge >= 0.3 is 0 Å². The number of aliphatic hydroxyl groups excluding tert-OH is 1. The second-order valence-corrected chi connectivity index (χ2v) is 4.51. The zero-order valence-corrected chi connectivity index (χ0v) is 9.66. The van der Waals surface area contributed by atoms with Crippen LogP contribution in [-0.2, 0) is 6.42 Å². The predicted octanol–water partition coefficient (Wildman–Crippen LogP) is 2.18. The summed E-state index contributed by atoms with van der Waals surface area (Å²) in [6.07, 6.45) is 1.53. The molecule has 0 bridgehead atoms. The number of pyridine rings is 1. The Labute approximate surface area is 91.1 Å². The van der Waals surface area contributed by atoms with E-state index in [1.165, 1.54) is 0 Å². The molecule has 0 aliphatic heterocycles. The Balaban J connectivity index is 2.66. The molecule has 0 aromatic carbocycles. The minimum absolute atomic E-state index is 0.200. The lowest BCUT2D eigenvalue weighted by molar-refractivity contribution is 0.123. The van der Waals surface area contributed by atoms with Gasteiger partial charge in [0.2, 0.25) is 5.88 Å². The smallest absolute Gasteiger partial charge is 0.213 e. The molecule has 3 heteroatoms. The van der Waals surface area contributed by atoms with Crippen molar-refractivity contribution in [2.24, 2.45) is 0 Å². The fourth-order valence-electron chi connectivity index (χ4n) is 1.23. The normalized spacial score (nSPS) is 11.5. The number of aliphatic hydroxyl groups is 1. The van der Waals surface area contributed by atoms with Gasteiger partial charge in [-0.2, -0.15) is 0 Å². The Hall–Kier alpha value is -1.09. The minimum Gasteiger partial charge on any atom is -0.472 e. The van der Waals surface area contributed by atoms with Gasteiger partial charge in [-0.3, -0.25) is 0 Å². The number of rotatable bonds is 4. The zero-order valence-electron chi connectivity index (χ0n) is 9.66. The van der Waals surface area contributed by atoms with Crippen molar-refractivity contribution >= 4 is 0 Å². The van der Waals surface area contributed by atoms with Crippen molar-refractivity contribution in [3.63, 3.8) is 0 Å². The van der Waals surface area contributed by atoms with Crippen LogP contribution in [-0.4, -0.2) is 22.3 Å². The molecule has 0 saturated carbocycles. The highest BCUT2D eigenvalue weighted by Crippen LogP contribution is 2.15. The molecule has 0 aliphatic carbocycles. The maximum absolute atomic E-state index is 8.72. The van der Waals surface area contributed by atoms with E-state index in [1.54, 1.807) is 0 Å². The van der Waals surface area contributed by atoms with Crippen molar-refractivity contribution in [2.45, 2.75) is 39.2 Å². The van der Waals surface area contributed by atoms with E-state index < -0.39 is 0 Å². The van der Waals surface area contributed by atoms with Gasteiger partial charge in [0.05, 0.1) is 0 Å². The van der Waals surface area contributed by atoms with Gasteiger partial charge in [0.15, 0.2) is 0 Å². The van der Waals surface area contributed by atoms with E-state index in [-0.39, 0.29) is 12.2 Å². The number of aromatic nitrogens is 1. The Kier molecular flexibility index (Phi) is 4.09. The topological polar surface area (TPSA) is 42.4 Å². The Morgan fingerprint density at radius 1 is 1.33 bits per heavy atom. The summed E-state index contributed by atoms with van der Waals surface area (Å²) in [7, 11) is 0. The second kappa shape index (κ2) is 5.12. The van der Waals surface area contributed by atoms with E-state index in [2.05, 4.69) is 4.98 Å². The number of hydrogen-bond acceptors (Lipinski definition) is 3. The van der Waals surface area contributed by atoms with Crippen LogP contribution < -0.4 is 4.74 Å². The van der Waals surface area contributed by atoms with Crippen LogP contribution in [0.15, 0.2) is 18.2 Å². The number of ether oxygens (including phenoxy) is 1. The van der Waals surface area contributed by atoms with E-state index in [9.17, 15) is 0 Å². The van der Waals surface area contributed by atoms with Crippen molar-refractivity contribution in [3.8, 4) is 5.88 Å². The van der Waals surface area contributed by atoms with Gasteiger partial charge in [-0.05, 0) is 39.7 Å². The van der Waals surface area contributed by atoms with Crippen LogP contribution in [0.5, 0.6) is 5.88 Å². The average Bonchev–Trinajstić information content (AvgIpc) is 2.12. The van der Waals surface area contributed by atoms with Gasteiger partial charge in [0, 0.05) is 18.4 Å². The van der Waals surface area contributed by atoms with E-state index in [1.807, 2.05) is 39.0 Å². The molecule has 0 unspecified atom stereocenters. The van der Waals surface area contributed by atoms with Gasteiger partial charge in [0.1, 0.15) is 5.60 Å². The van der Waals surface area contributed by atoms with Crippen LogP contribution >= 0.6 is 0 Å². The molecular formula is C12H19NO2. The van der Waals surface area contributed by atoms with Crippen molar-refractivity contribution < 1.29 is 9.84 Å². The van der Waals surface area contributed by atoms with Crippen molar-refractivity contribution in [1.29, 1.82) is 0 Å². The van der Waals surface area contributed by atoms with Crippen LogP contribution in [0.4, 0.5) is 0 Å². The lowest BCUT2D eigenvalue weighted by atomic mass is 10.2. The van der Waals surface area contributed by atoms with Crippen LogP contribution in [0.2, 0.25) is 0 Å². The second-order valence-electron chi connectivity index (χ2n) is 4.51. The van der Waals surface area contributed by atoms with E-state index >= 15 is 0 Å². The summed E-state index contributed by atoms with van der Waals surface area (Å²) >= 11 is 0. The standard InChI is InChI=1S/C12H19NO2/c1-12(2,3)15-11-8-4-6-10(13-11)7-5-9-14/h4,6,8,14H,5,7,9H2,1-3H3. The minimum atomic E-state index is -0.220. The van der Waals surface area contributed by atoms with Crippen molar-refractivity contribution in [2.75, 3.05) is 6.61 Å². The van der Waals surface area contributed by atoms with Crippen molar-refractivity contribution in [1.82, 2.24) is 4.98 Å².